The molecule has 20 nitrogen and oxygen atoms in total. The predicted molar refractivity (Wildman–Crippen MR) is 208 cm³/mol. The average Bonchev–Trinajstić information content (AvgIpc) is 3.12. The van der Waals surface area contributed by atoms with Crippen molar-refractivity contribution in [2.45, 2.75) is 32.4 Å². The van der Waals surface area contributed by atoms with E-state index in [1.165, 1.54) is 0 Å². The summed E-state index contributed by atoms with van der Waals surface area (Å²) in [5.41, 5.74) is 11.9. The molecule has 302 valence electrons. The highest BCUT2D eigenvalue weighted by Gasteiger charge is 2.26. The SMILES string of the molecule is Nc1cc(S(=O)(=O)O)cc2cc(S(=O)(=O)O)c(N=Nc3ccc(CCc4ccc(N=Nc5c(S(=O)(=O)O)cc6cc(S(=O)(=O)O)cc(N)c6c5O)cc4)cc3)c(O)c12. The Labute approximate surface area is 328 Å². The molecule has 0 aliphatic heterocycles. The Bertz CT molecular complexity index is 2980. The van der Waals surface area contributed by atoms with E-state index in [1.807, 2.05) is 0 Å². The minimum Gasteiger partial charge on any atom is -0.505 e. The summed E-state index contributed by atoms with van der Waals surface area (Å²) in [6.45, 7) is 0. The van der Waals surface area contributed by atoms with Gasteiger partial charge in [0, 0.05) is 22.1 Å². The maximum atomic E-state index is 12.2. The molecule has 24 heteroatoms. The van der Waals surface area contributed by atoms with Gasteiger partial charge in [-0.2, -0.15) is 43.9 Å². The summed E-state index contributed by atoms with van der Waals surface area (Å²) < 4.78 is 134. The molecule has 6 rings (SSSR count). The fourth-order valence-corrected chi connectivity index (χ4v) is 8.25. The number of hydrogen-bond donors (Lipinski definition) is 8. The van der Waals surface area contributed by atoms with Gasteiger partial charge in [-0.1, -0.05) is 24.3 Å². The smallest absolute Gasteiger partial charge is 0.296 e. The normalized spacial score (nSPS) is 13.0. The molecular weight excluding hydrogens is 845 g/mol. The van der Waals surface area contributed by atoms with E-state index in [9.17, 15) is 62.1 Å². The van der Waals surface area contributed by atoms with Crippen LogP contribution in [0.4, 0.5) is 34.1 Å². The maximum absolute atomic E-state index is 12.2. The Hall–Kier alpha value is -6.12. The van der Waals surface area contributed by atoms with Crippen LogP contribution < -0.4 is 11.5 Å². The van der Waals surface area contributed by atoms with Crippen molar-refractivity contribution in [2.24, 2.45) is 20.5 Å². The van der Waals surface area contributed by atoms with Crippen molar-refractivity contribution >= 4 is 96.1 Å². The van der Waals surface area contributed by atoms with E-state index in [-0.39, 0.29) is 44.3 Å². The Kier molecular flexibility index (Phi) is 10.7. The zero-order valence-electron chi connectivity index (χ0n) is 29.0. The van der Waals surface area contributed by atoms with Gasteiger partial charge in [-0.3, -0.25) is 18.2 Å². The van der Waals surface area contributed by atoms with E-state index in [0.29, 0.717) is 12.8 Å². The molecule has 0 saturated heterocycles. The van der Waals surface area contributed by atoms with E-state index in [4.69, 9.17) is 11.5 Å². The van der Waals surface area contributed by atoms with Gasteiger partial charge in [0.2, 0.25) is 0 Å². The molecule has 0 aromatic heterocycles. The summed E-state index contributed by atoms with van der Waals surface area (Å²) >= 11 is 0. The summed E-state index contributed by atoms with van der Waals surface area (Å²) in [4.78, 5) is -3.17. The Balaban J connectivity index is 1.18. The number of nitrogens with two attached hydrogens (primary N) is 2. The van der Waals surface area contributed by atoms with Gasteiger partial charge in [0.1, 0.15) is 21.2 Å². The number of nitrogen functional groups attached to an aromatic ring is 2. The third kappa shape index (κ3) is 8.72. The lowest BCUT2D eigenvalue weighted by atomic mass is 10.0. The van der Waals surface area contributed by atoms with Crippen molar-refractivity contribution in [2.75, 3.05) is 11.5 Å². The number of phenols is 2. The number of anilines is 2. The van der Waals surface area contributed by atoms with Gasteiger partial charge in [-0.05, 0) is 95.4 Å². The summed E-state index contributed by atoms with van der Waals surface area (Å²) in [6, 6.07) is 18.0. The van der Waals surface area contributed by atoms with Crippen molar-refractivity contribution in [3.63, 3.8) is 0 Å². The van der Waals surface area contributed by atoms with Crippen molar-refractivity contribution in [1.82, 2.24) is 0 Å². The Morgan fingerprint density at radius 1 is 0.448 bits per heavy atom. The molecule has 6 aromatic carbocycles. The number of phenolic OH excluding ortho intramolecular Hbond substituents is 2. The van der Waals surface area contributed by atoms with Gasteiger partial charge in [0.15, 0.2) is 11.5 Å². The summed E-state index contributed by atoms with van der Waals surface area (Å²) in [7, 11) is -19.6. The highest BCUT2D eigenvalue weighted by molar-refractivity contribution is 7.86. The van der Waals surface area contributed by atoms with E-state index < -0.39 is 82.9 Å². The van der Waals surface area contributed by atoms with E-state index in [0.717, 1.165) is 47.5 Å². The van der Waals surface area contributed by atoms with Crippen LogP contribution in [0.25, 0.3) is 21.5 Å². The Morgan fingerprint density at radius 2 is 0.776 bits per heavy atom. The van der Waals surface area contributed by atoms with E-state index in [1.54, 1.807) is 48.5 Å². The summed E-state index contributed by atoms with van der Waals surface area (Å²) in [5.74, 6) is -1.65. The number of fused-ring (bicyclic) bond motifs is 2. The third-order valence-electron chi connectivity index (χ3n) is 8.57. The topological polar surface area (TPSA) is 359 Å². The number of benzene rings is 6. The lowest BCUT2D eigenvalue weighted by Crippen LogP contribution is -2.02. The molecule has 58 heavy (non-hydrogen) atoms. The van der Waals surface area contributed by atoms with Gasteiger partial charge in [0.25, 0.3) is 40.5 Å². The van der Waals surface area contributed by atoms with Gasteiger partial charge in [-0.15, -0.1) is 10.2 Å². The highest BCUT2D eigenvalue weighted by atomic mass is 32.2. The lowest BCUT2D eigenvalue weighted by Gasteiger charge is -2.12. The van der Waals surface area contributed by atoms with Gasteiger partial charge in [-0.25, -0.2) is 0 Å². The van der Waals surface area contributed by atoms with Crippen LogP contribution in [0.1, 0.15) is 11.1 Å². The third-order valence-corrected chi connectivity index (χ3v) is 12.0. The van der Waals surface area contributed by atoms with Gasteiger partial charge < -0.3 is 21.7 Å². The molecule has 10 N–H and O–H groups in total. The largest absolute Gasteiger partial charge is 0.505 e. The Morgan fingerprint density at radius 3 is 1.07 bits per heavy atom. The molecule has 0 spiro atoms. The first-order chi connectivity index (χ1) is 26.9. The number of rotatable bonds is 11. The minimum atomic E-state index is -5.04. The summed E-state index contributed by atoms with van der Waals surface area (Å²) in [5, 5.41) is 36.5. The number of nitrogens with zero attached hydrogens (tertiary/aromatic N) is 4. The number of azo groups is 2. The van der Waals surface area contributed by atoms with Gasteiger partial charge in [0.05, 0.1) is 21.2 Å². The van der Waals surface area contributed by atoms with Crippen LogP contribution in [0, 0.1) is 0 Å². The molecule has 0 bridgehead atoms. The van der Waals surface area contributed by atoms with Crippen LogP contribution in [0.3, 0.4) is 0 Å². The predicted octanol–water partition coefficient (Wildman–Crippen LogP) is 6.17. The maximum Gasteiger partial charge on any atom is 0.296 e. The quantitative estimate of drug-likeness (QED) is 0.0409. The zero-order valence-corrected chi connectivity index (χ0v) is 32.3. The molecule has 0 atom stereocenters. The first-order valence-corrected chi connectivity index (χ1v) is 21.8. The van der Waals surface area contributed by atoms with Crippen molar-refractivity contribution < 1.29 is 62.1 Å². The van der Waals surface area contributed by atoms with Crippen LogP contribution in [0.2, 0.25) is 0 Å². The molecule has 0 radical (unpaired) electrons. The van der Waals surface area contributed by atoms with Gasteiger partial charge >= 0.3 is 0 Å². The molecule has 0 aliphatic carbocycles. The number of aryl methyl sites for hydroxylation is 2. The van der Waals surface area contributed by atoms with E-state index >= 15 is 0 Å². The lowest BCUT2D eigenvalue weighted by molar-refractivity contribution is 0.471. The van der Waals surface area contributed by atoms with Crippen LogP contribution in [0.15, 0.2) is 125 Å². The van der Waals surface area contributed by atoms with Crippen molar-refractivity contribution in [3.05, 3.63) is 96.1 Å². The fraction of sp³-hybridized carbons (Fsp3) is 0.0588. The number of aromatic hydroxyl groups is 2. The molecule has 0 amide bonds. The molecule has 6 aromatic rings. The highest BCUT2D eigenvalue weighted by Crippen LogP contribution is 2.46. The molecule has 0 unspecified atom stereocenters. The van der Waals surface area contributed by atoms with Crippen LogP contribution in [-0.4, -0.2) is 62.1 Å². The van der Waals surface area contributed by atoms with Crippen LogP contribution >= 0.6 is 0 Å². The van der Waals surface area contributed by atoms with Crippen LogP contribution in [0.5, 0.6) is 11.5 Å². The van der Waals surface area contributed by atoms with Crippen molar-refractivity contribution in [3.8, 4) is 11.5 Å². The zero-order chi connectivity index (χ0) is 42.5. The molecular formula is C34H28N6O14S4. The molecule has 0 aliphatic rings. The second-order valence-electron chi connectivity index (χ2n) is 12.5. The minimum absolute atomic E-state index is 0.206. The molecule has 0 heterocycles. The first kappa shape index (κ1) is 41.5. The average molecular weight is 873 g/mol. The second kappa shape index (κ2) is 15.0. The second-order valence-corrected chi connectivity index (χ2v) is 18.1. The fourth-order valence-electron chi connectivity index (χ4n) is 5.83. The first-order valence-electron chi connectivity index (χ1n) is 16.0. The van der Waals surface area contributed by atoms with Crippen molar-refractivity contribution in [1.29, 1.82) is 0 Å². The standard InChI is InChI=1S/C34H28N6O14S4/c35-25-15-23(55(43,44)45)11-19-13-27(57(49,50)51)31(33(41)29(19)25)39-37-21-7-3-17(4-8-21)1-2-18-5-9-22(10-6-18)38-40-32-28(58(52,53)54)14-20-12-24(56(46,47)48)16-26(36)30(20)34(32)42/h3-16,41-42H,1-2,35-36H2,(H,43,44,45)(H,46,47,48)(H,49,50,51)(H,52,53,54). The molecule has 0 saturated carbocycles. The summed E-state index contributed by atoms with van der Waals surface area (Å²) in [6.07, 6.45) is 1.04. The van der Waals surface area contributed by atoms with Crippen LogP contribution in [-0.2, 0) is 53.3 Å². The number of hydrogen-bond acceptors (Lipinski definition) is 16. The molecule has 0 fully saturated rings. The van der Waals surface area contributed by atoms with E-state index in [2.05, 4.69) is 20.5 Å². The monoisotopic (exact) mass is 872 g/mol.